The number of carboxylic acid groups (broad SMARTS) is 1. The van der Waals surface area contributed by atoms with Crippen molar-refractivity contribution in [3.8, 4) is 0 Å². The first kappa shape index (κ1) is 18.1. The number of carbonyl (C=O) groups is 1. The van der Waals surface area contributed by atoms with Gasteiger partial charge in [-0.1, -0.05) is 69.3 Å². The average molecular weight is 275 g/mol. The fourth-order valence-electron chi connectivity index (χ4n) is 1.54. The van der Waals surface area contributed by atoms with Crippen LogP contribution >= 0.6 is 0 Å². The molecule has 1 N–H and O–H groups in total. The standard InChI is InChI=1S/C11H10O2.C6H15N/c12-11(13)9-5-4-8-10-6-2-1-3-7-10;1-4-7(5-2)6-3/h1-9H,(H,12,13);4-6H2,1-3H3. The highest BCUT2D eigenvalue weighted by molar-refractivity contribution is 5.80. The summed E-state index contributed by atoms with van der Waals surface area (Å²) >= 11 is 0. The molecule has 0 amide bonds. The summed E-state index contributed by atoms with van der Waals surface area (Å²) in [5.74, 6) is -0.933. The molecule has 0 bridgehead atoms. The van der Waals surface area contributed by atoms with Gasteiger partial charge in [0.25, 0.3) is 0 Å². The Kier molecular flexibility index (Phi) is 11.0. The number of hydrogen-bond donors (Lipinski definition) is 1. The Morgan fingerprint density at radius 2 is 1.60 bits per heavy atom. The van der Waals surface area contributed by atoms with Gasteiger partial charge in [-0.2, -0.15) is 0 Å². The highest BCUT2D eigenvalue weighted by atomic mass is 16.4. The van der Waals surface area contributed by atoms with Crippen LogP contribution in [0.1, 0.15) is 26.3 Å². The predicted molar refractivity (Wildman–Crippen MR) is 85.7 cm³/mol. The van der Waals surface area contributed by atoms with Crippen molar-refractivity contribution in [3.63, 3.8) is 0 Å². The Morgan fingerprint density at radius 3 is 2.00 bits per heavy atom. The normalized spacial score (nSPS) is 10.8. The van der Waals surface area contributed by atoms with E-state index in [0.29, 0.717) is 0 Å². The molecule has 110 valence electrons. The first-order valence-corrected chi connectivity index (χ1v) is 6.99. The van der Waals surface area contributed by atoms with Gasteiger partial charge in [0.2, 0.25) is 0 Å². The molecule has 0 heterocycles. The van der Waals surface area contributed by atoms with Crippen molar-refractivity contribution in [2.75, 3.05) is 19.6 Å². The molecule has 1 aromatic carbocycles. The monoisotopic (exact) mass is 275 g/mol. The van der Waals surface area contributed by atoms with Crippen molar-refractivity contribution in [2.24, 2.45) is 0 Å². The molecule has 0 spiro atoms. The quantitative estimate of drug-likeness (QED) is 0.636. The van der Waals surface area contributed by atoms with Crippen LogP contribution in [-0.4, -0.2) is 35.6 Å². The number of allylic oxidation sites excluding steroid dienone is 2. The summed E-state index contributed by atoms with van der Waals surface area (Å²) in [7, 11) is 0. The van der Waals surface area contributed by atoms with Crippen molar-refractivity contribution in [2.45, 2.75) is 20.8 Å². The van der Waals surface area contributed by atoms with E-state index in [2.05, 4.69) is 25.7 Å². The lowest BCUT2D eigenvalue weighted by Crippen LogP contribution is -2.21. The van der Waals surface area contributed by atoms with Crippen LogP contribution in [0.25, 0.3) is 6.08 Å². The second-order valence-corrected chi connectivity index (χ2v) is 4.09. The molecule has 3 nitrogen and oxygen atoms in total. The van der Waals surface area contributed by atoms with E-state index in [9.17, 15) is 4.79 Å². The van der Waals surface area contributed by atoms with Crippen LogP contribution in [0.4, 0.5) is 0 Å². The minimum Gasteiger partial charge on any atom is -0.478 e. The van der Waals surface area contributed by atoms with Gasteiger partial charge in [0.15, 0.2) is 0 Å². The zero-order valence-electron chi connectivity index (χ0n) is 12.6. The van der Waals surface area contributed by atoms with Gasteiger partial charge in [0, 0.05) is 6.08 Å². The lowest BCUT2D eigenvalue weighted by atomic mass is 10.2. The Balaban J connectivity index is 0.000000441. The summed E-state index contributed by atoms with van der Waals surface area (Å²) in [4.78, 5) is 12.5. The minimum absolute atomic E-state index is 0.933. The van der Waals surface area contributed by atoms with Gasteiger partial charge in [-0.25, -0.2) is 4.79 Å². The summed E-state index contributed by atoms with van der Waals surface area (Å²) in [5, 5.41) is 8.29. The Bertz CT molecular complexity index is 401. The highest BCUT2D eigenvalue weighted by Gasteiger charge is 1.89. The molecule has 0 aliphatic rings. The second kappa shape index (κ2) is 12.2. The van der Waals surface area contributed by atoms with Crippen LogP contribution in [0, 0.1) is 0 Å². The van der Waals surface area contributed by atoms with Crippen LogP contribution in [-0.2, 0) is 4.79 Å². The smallest absolute Gasteiger partial charge is 0.328 e. The molecule has 0 radical (unpaired) electrons. The van der Waals surface area contributed by atoms with Crippen LogP contribution in [0.15, 0.2) is 48.6 Å². The third-order valence-electron chi connectivity index (χ3n) is 2.78. The van der Waals surface area contributed by atoms with Crippen LogP contribution in [0.3, 0.4) is 0 Å². The topological polar surface area (TPSA) is 40.5 Å². The average Bonchev–Trinajstić information content (AvgIpc) is 2.47. The number of carboxylic acids is 1. The van der Waals surface area contributed by atoms with E-state index in [0.717, 1.165) is 11.6 Å². The van der Waals surface area contributed by atoms with E-state index >= 15 is 0 Å². The molecule has 1 rings (SSSR count). The van der Waals surface area contributed by atoms with Gasteiger partial charge < -0.3 is 10.0 Å². The van der Waals surface area contributed by atoms with Crippen LogP contribution in [0.5, 0.6) is 0 Å². The maximum absolute atomic E-state index is 10.1. The first-order chi connectivity index (χ1) is 9.63. The van der Waals surface area contributed by atoms with Crippen molar-refractivity contribution in [1.29, 1.82) is 0 Å². The summed E-state index contributed by atoms with van der Waals surface area (Å²) in [6.07, 6.45) is 6.14. The molecule has 0 saturated carbocycles. The van der Waals surface area contributed by atoms with Crippen molar-refractivity contribution in [3.05, 3.63) is 54.1 Å². The van der Waals surface area contributed by atoms with E-state index in [-0.39, 0.29) is 0 Å². The van der Waals surface area contributed by atoms with Gasteiger partial charge in [-0.15, -0.1) is 0 Å². The molecule has 1 aromatic rings. The van der Waals surface area contributed by atoms with Gasteiger partial charge in [0.05, 0.1) is 0 Å². The summed E-state index contributed by atoms with van der Waals surface area (Å²) in [6, 6.07) is 9.70. The van der Waals surface area contributed by atoms with Crippen molar-refractivity contribution < 1.29 is 9.90 Å². The molecule has 0 aromatic heterocycles. The minimum atomic E-state index is -0.933. The van der Waals surface area contributed by atoms with Crippen molar-refractivity contribution in [1.82, 2.24) is 4.90 Å². The fourth-order valence-corrected chi connectivity index (χ4v) is 1.54. The lowest BCUT2D eigenvalue weighted by Gasteiger charge is -2.13. The number of rotatable bonds is 6. The van der Waals surface area contributed by atoms with E-state index in [1.807, 2.05) is 36.4 Å². The molecule has 20 heavy (non-hydrogen) atoms. The third kappa shape index (κ3) is 10.1. The van der Waals surface area contributed by atoms with E-state index in [1.54, 1.807) is 6.08 Å². The lowest BCUT2D eigenvalue weighted by molar-refractivity contribution is -0.131. The van der Waals surface area contributed by atoms with Crippen molar-refractivity contribution >= 4 is 12.0 Å². The van der Waals surface area contributed by atoms with E-state index in [1.165, 1.54) is 25.7 Å². The van der Waals surface area contributed by atoms with Gasteiger partial charge in [0.1, 0.15) is 0 Å². The van der Waals surface area contributed by atoms with Crippen LogP contribution in [0.2, 0.25) is 0 Å². The Morgan fingerprint density at radius 1 is 1.05 bits per heavy atom. The maximum Gasteiger partial charge on any atom is 0.328 e. The summed E-state index contributed by atoms with van der Waals surface area (Å²) < 4.78 is 0. The second-order valence-electron chi connectivity index (χ2n) is 4.09. The largest absolute Gasteiger partial charge is 0.478 e. The summed E-state index contributed by atoms with van der Waals surface area (Å²) in [6.45, 7) is 10.1. The number of nitrogens with zero attached hydrogens (tertiary/aromatic N) is 1. The summed E-state index contributed by atoms with van der Waals surface area (Å²) in [5.41, 5.74) is 1.05. The van der Waals surface area contributed by atoms with E-state index in [4.69, 9.17) is 5.11 Å². The zero-order chi connectivity index (χ0) is 15.2. The highest BCUT2D eigenvalue weighted by Crippen LogP contribution is 2.00. The molecular weight excluding hydrogens is 250 g/mol. The first-order valence-electron chi connectivity index (χ1n) is 6.99. The molecule has 3 heteroatoms. The molecule has 0 fully saturated rings. The molecule has 0 aliphatic carbocycles. The maximum atomic E-state index is 10.1. The van der Waals surface area contributed by atoms with Gasteiger partial charge in [-0.3, -0.25) is 0 Å². The molecule has 0 aliphatic heterocycles. The zero-order valence-corrected chi connectivity index (χ0v) is 12.6. The SMILES string of the molecule is CCN(CC)CC.O=C(O)C=CC=Cc1ccccc1. The van der Waals surface area contributed by atoms with Gasteiger partial charge in [-0.05, 0) is 25.2 Å². The molecular formula is C17H25NO2. The third-order valence-corrected chi connectivity index (χ3v) is 2.78. The Labute approximate surface area is 122 Å². The molecule has 0 atom stereocenters. The number of hydrogen-bond acceptors (Lipinski definition) is 2. The van der Waals surface area contributed by atoms with Gasteiger partial charge >= 0.3 is 5.97 Å². The number of aliphatic carboxylic acids is 1. The Hall–Kier alpha value is -1.87. The fraction of sp³-hybridized carbons (Fsp3) is 0.353. The molecule has 0 unspecified atom stereocenters. The number of benzene rings is 1. The van der Waals surface area contributed by atoms with Crippen LogP contribution < -0.4 is 0 Å². The van der Waals surface area contributed by atoms with E-state index < -0.39 is 5.97 Å². The predicted octanol–water partition coefficient (Wildman–Crippen LogP) is 3.69. The molecule has 0 saturated heterocycles.